The number of thiol groups is 1. The molecule has 1 atom stereocenters. The van der Waals surface area contributed by atoms with Crippen LogP contribution in [0.2, 0.25) is 0 Å². The average Bonchev–Trinajstić information content (AvgIpc) is 2.25. The van der Waals surface area contributed by atoms with Gasteiger partial charge in [-0.15, -0.1) is 0 Å². The van der Waals surface area contributed by atoms with Crippen molar-refractivity contribution in [1.82, 2.24) is 9.55 Å². The molecule has 0 spiro atoms. The van der Waals surface area contributed by atoms with Crippen LogP contribution in [0.5, 0.6) is 0 Å². The van der Waals surface area contributed by atoms with Gasteiger partial charge in [-0.3, -0.25) is 9.36 Å². The lowest BCUT2D eigenvalue weighted by molar-refractivity contribution is 0.623. The molecular weight excluding hydrogens is 243 g/mol. The second kappa shape index (κ2) is 4.37. The summed E-state index contributed by atoms with van der Waals surface area (Å²) in [7, 11) is 0. The first-order chi connectivity index (χ1) is 7.99. The number of hydrogen-bond acceptors (Lipinski definition) is 3. The van der Waals surface area contributed by atoms with Crippen LogP contribution in [0.3, 0.4) is 0 Å². The third-order valence-electron chi connectivity index (χ3n) is 2.39. The fourth-order valence-corrected chi connectivity index (χ4v) is 1.82. The smallest absolute Gasteiger partial charge is 0.307 e. The van der Waals surface area contributed by atoms with Gasteiger partial charge >= 0.3 is 5.69 Å². The summed E-state index contributed by atoms with van der Waals surface area (Å²) in [6.07, 6.45) is 0. The molecule has 90 valence electrons. The van der Waals surface area contributed by atoms with Crippen molar-refractivity contribution in [2.45, 2.75) is 18.7 Å². The number of benzene rings is 1. The van der Waals surface area contributed by atoms with E-state index in [9.17, 15) is 14.0 Å². The Hall–Kier alpha value is -1.56. The standard InChI is InChI=1S/C11H11FN2O2S/c1-6(17)5-14-10(15)8-4-7(12)2-3-9(8)13-11(14)16/h2-4,6,17H,5H2,1H3,(H,13,16). The molecule has 4 nitrogen and oxygen atoms in total. The van der Waals surface area contributed by atoms with Gasteiger partial charge in [-0.25, -0.2) is 9.18 Å². The van der Waals surface area contributed by atoms with Crippen LogP contribution < -0.4 is 11.2 Å². The van der Waals surface area contributed by atoms with Crippen LogP contribution >= 0.6 is 12.6 Å². The number of hydrogen-bond donors (Lipinski definition) is 2. The maximum Gasteiger partial charge on any atom is 0.328 e. The van der Waals surface area contributed by atoms with E-state index in [0.29, 0.717) is 5.52 Å². The summed E-state index contributed by atoms with van der Waals surface area (Å²) < 4.78 is 14.1. The molecule has 0 amide bonds. The van der Waals surface area contributed by atoms with E-state index >= 15 is 0 Å². The maximum atomic E-state index is 13.1. The summed E-state index contributed by atoms with van der Waals surface area (Å²) in [6, 6.07) is 3.69. The molecule has 1 aromatic heterocycles. The molecule has 6 heteroatoms. The van der Waals surface area contributed by atoms with E-state index in [1.54, 1.807) is 6.92 Å². The van der Waals surface area contributed by atoms with E-state index in [1.165, 1.54) is 12.1 Å². The molecule has 2 rings (SSSR count). The fourth-order valence-electron chi connectivity index (χ4n) is 1.65. The van der Waals surface area contributed by atoms with Gasteiger partial charge in [0.1, 0.15) is 5.82 Å². The Bertz CT molecular complexity index is 675. The number of fused-ring (bicyclic) bond motifs is 1. The molecule has 0 saturated carbocycles. The van der Waals surface area contributed by atoms with Crippen LogP contribution in [0, 0.1) is 5.82 Å². The van der Waals surface area contributed by atoms with E-state index in [0.717, 1.165) is 10.6 Å². The summed E-state index contributed by atoms with van der Waals surface area (Å²) >= 11 is 4.13. The molecule has 0 radical (unpaired) electrons. The van der Waals surface area contributed by atoms with Crippen molar-refractivity contribution in [3.63, 3.8) is 0 Å². The second-order valence-electron chi connectivity index (χ2n) is 3.88. The number of aromatic amines is 1. The SMILES string of the molecule is CC(S)Cn1c(=O)[nH]c2ccc(F)cc2c1=O. The summed E-state index contributed by atoms with van der Waals surface area (Å²) in [5, 5.41) is 0.0263. The van der Waals surface area contributed by atoms with Gasteiger partial charge < -0.3 is 4.98 Å². The normalized spacial score (nSPS) is 12.9. The molecule has 0 fully saturated rings. The van der Waals surface area contributed by atoms with Crippen molar-refractivity contribution in [3.8, 4) is 0 Å². The minimum atomic E-state index is -0.507. The van der Waals surface area contributed by atoms with Crippen LogP contribution in [0.25, 0.3) is 10.9 Å². The van der Waals surface area contributed by atoms with Crippen molar-refractivity contribution in [3.05, 3.63) is 44.9 Å². The topological polar surface area (TPSA) is 54.9 Å². The van der Waals surface area contributed by atoms with Gasteiger partial charge in [0.25, 0.3) is 5.56 Å². The molecule has 2 aromatic rings. The molecule has 1 unspecified atom stereocenters. The predicted octanol–water partition coefficient (Wildman–Crippen LogP) is 1.15. The van der Waals surface area contributed by atoms with Crippen molar-refractivity contribution in [1.29, 1.82) is 0 Å². The first kappa shape index (κ1) is 11.9. The lowest BCUT2D eigenvalue weighted by atomic mass is 10.2. The van der Waals surface area contributed by atoms with E-state index in [1.807, 2.05) is 0 Å². The third kappa shape index (κ3) is 2.26. The highest BCUT2D eigenvalue weighted by Gasteiger charge is 2.09. The highest BCUT2D eigenvalue weighted by molar-refractivity contribution is 7.80. The Balaban J connectivity index is 2.78. The Morgan fingerprint density at radius 2 is 2.18 bits per heavy atom. The van der Waals surface area contributed by atoms with Crippen LogP contribution in [-0.4, -0.2) is 14.8 Å². The average molecular weight is 254 g/mol. The molecule has 0 bridgehead atoms. The first-order valence-corrected chi connectivity index (χ1v) is 5.61. The number of rotatable bonds is 2. The highest BCUT2D eigenvalue weighted by atomic mass is 32.1. The van der Waals surface area contributed by atoms with Crippen LogP contribution in [0.4, 0.5) is 4.39 Å². The summed E-state index contributed by atoms with van der Waals surface area (Å²) in [4.78, 5) is 26.2. The molecule has 0 aliphatic heterocycles. The molecular formula is C11H11FN2O2S. The van der Waals surface area contributed by atoms with E-state index in [4.69, 9.17) is 0 Å². The number of nitrogens with one attached hydrogen (secondary N) is 1. The highest BCUT2D eigenvalue weighted by Crippen LogP contribution is 2.07. The second-order valence-corrected chi connectivity index (χ2v) is 4.77. The monoisotopic (exact) mass is 254 g/mol. The summed E-state index contributed by atoms with van der Waals surface area (Å²) in [5.41, 5.74) is -0.663. The third-order valence-corrected chi connectivity index (χ3v) is 2.55. The van der Waals surface area contributed by atoms with Gasteiger partial charge in [0, 0.05) is 11.8 Å². The first-order valence-electron chi connectivity index (χ1n) is 5.09. The molecule has 1 heterocycles. The molecule has 0 aliphatic carbocycles. The number of aromatic nitrogens is 2. The van der Waals surface area contributed by atoms with Crippen molar-refractivity contribution < 1.29 is 4.39 Å². The minimum Gasteiger partial charge on any atom is -0.307 e. The van der Waals surface area contributed by atoms with Crippen LogP contribution in [0.1, 0.15) is 6.92 Å². The van der Waals surface area contributed by atoms with Crippen molar-refractivity contribution >= 4 is 23.5 Å². The van der Waals surface area contributed by atoms with Gasteiger partial charge in [0.05, 0.1) is 10.9 Å². The zero-order valence-corrected chi connectivity index (χ0v) is 10.00. The van der Waals surface area contributed by atoms with E-state index < -0.39 is 17.1 Å². The van der Waals surface area contributed by atoms with E-state index in [-0.39, 0.29) is 17.2 Å². The quantitative estimate of drug-likeness (QED) is 0.790. The van der Waals surface area contributed by atoms with E-state index in [2.05, 4.69) is 17.6 Å². The molecule has 1 N–H and O–H groups in total. The number of nitrogens with zero attached hydrogens (tertiary/aromatic N) is 1. The number of H-pyrrole nitrogens is 1. The summed E-state index contributed by atoms with van der Waals surface area (Å²) in [6.45, 7) is 1.95. The predicted molar refractivity (Wildman–Crippen MR) is 67.2 cm³/mol. The lowest BCUT2D eigenvalue weighted by Crippen LogP contribution is -2.37. The van der Waals surface area contributed by atoms with Crippen LogP contribution in [0.15, 0.2) is 27.8 Å². The zero-order chi connectivity index (χ0) is 12.6. The zero-order valence-electron chi connectivity index (χ0n) is 9.11. The Kier molecular flexibility index (Phi) is 3.06. The molecule has 0 saturated heterocycles. The van der Waals surface area contributed by atoms with Crippen molar-refractivity contribution in [2.75, 3.05) is 0 Å². The Labute approximate surface area is 102 Å². The fraction of sp³-hybridized carbons (Fsp3) is 0.273. The molecule has 0 aliphatic rings. The van der Waals surface area contributed by atoms with Gasteiger partial charge in [0.15, 0.2) is 0 Å². The Morgan fingerprint density at radius 3 is 2.82 bits per heavy atom. The minimum absolute atomic E-state index is 0.139. The van der Waals surface area contributed by atoms with Gasteiger partial charge in [0.2, 0.25) is 0 Å². The summed E-state index contributed by atoms with van der Waals surface area (Å²) in [5.74, 6) is -0.507. The largest absolute Gasteiger partial charge is 0.328 e. The van der Waals surface area contributed by atoms with Gasteiger partial charge in [-0.2, -0.15) is 12.6 Å². The van der Waals surface area contributed by atoms with Gasteiger partial charge in [-0.05, 0) is 18.2 Å². The number of halogens is 1. The maximum absolute atomic E-state index is 13.1. The molecule has 17 heavy (non-hydrogen) atoms. The van der Waals surface area contributed by atoms with Gasteiger partial charge in [-0.1, -0.05) is 6.92 Å². The van der Waals surface area contributed by atoms with Crippen molar-refractivity contribution in [2.24, 2.45) is 0 Å². The van der Waals surface area contributed by atoms with Crippen LogP contribution in [-0.2, 0) is 6.54 Å². The Morgan fingerprint density at radius 1 is 1.47 bits per heavy atom. The molecule has 1 aromatic carbocycles. The lowest BCUT2D eigenvalue weighted by Gasteiger charge is -2.08.